The summed E-state index contributed by atoms with van der Waals surface area (Å²) in [5.41, 5.74) is 8.30. The lowest BCUT2D eigenvalue weighted by Crippen LogP contribution is -2.56. The van der Waals surface area contributed by atoms with Crippen molar-refractivity contribution in [1.82, 2.24) is 5.48 Å². The normalized spacial score (nSPS) is 43.8. The average Bonchev–Trinajstić information content (AvgIpc) is 2.21. The molecule has 2 amide bonds. The molecule has 4 fully saturated rings. The molecule has 2 unspecified atom stereocenters. The van der Waals surface area contributed by atoms with Gasteiger partial charge in [0.2, 0.25) is 11.8 Å². The van der Waals surface area contributed by atoms with E-state index in [0.29, 0.717) is 17.3 Å². The molecule has 2 atom stereocenters. The molecule has 4 saturated carbocycles. The van der Waals surface area contributed by atoms with Crippen LogP contribution >= 0.6 is 0 Å². The summed E-state index contributed by atoms with van der Waals surface area (Å²) in [6.45, 7) is 4.52. The molecule has 0 aliphatic heterocycles. The summed E-state index contributed by atoms with van der Waals surface area (Å²) in [6, 6.07) is 0. The van der Waals surface area contributed by atoms with Crippen LogP contribution in [0.15, 0.2) is 0 Å². The Morgan fingerprint density at radius 1 is 1.14 bits per heavy atom. The van der Waals surface area contributed by atoms with Gasteiger partial charge in [0, 0.05) is 6.42 Å². The van der Waals surface area contributed by atoms with E-state index in [4.69, 9.17) is 10.6 Å². The van der Waals surface area contributed by atoms with Gasteiger partial charge in [0.05, 0.1) is 0 Å². The summed E-state index contributed by atoms with van der Waals surface area (Å²) < 4.78 is 0. The van der Waals surface area contributed by atoms with Crippen molar-refractivity contribution in [1.29, 1.82) is 0 Å². The number of hydroxylamine groups is 1. The van der Waals surface area contributed by atoms with Gasteiger partial charge in [-0.3, -0.25) is 14.4 Å². The Labute approximate surface area is 125 Å². The Morgan fingerprint density at radius 2 is 1.76 bits per heavy atom. The van der Waals surface area contributed by atoms with Crippen LogP contribution in [0.5, 0.6) is 0 Å². The van der Waals surface area contributed by atoms with Crippen molar-refractivity contribution in [2.45, 2.75) is 58.8 Å². The lowest BCUT2D eigenvalue weighted by molar-refractivity contribution is -0.162. The van der Waals surface area contributed by atoms with Crippen LogP contribution in [-0.4, -0.2) is 18.4 Å². The van der Waals surface area contributed by atoms with Crippen LogP contribution in [0.3, 0.4) is 0 Å². The van der Waals surface area contributed by atoms with Crippen molar-refractivity contribution in [2.75, 3.05) is 6.61 Å². The number of carbonyl (C=O) groups is 2. The third-order valence-corrected chi connectivity index (χ3v) is 5.68. The third-order valence-electron chi connectivity index (χ3n) is 5.68. The lowest BCUT2D eigenvalue weighted by Gasteiger charge is -2.65. The van der Waals surface area contributed by atoms with Crippen LogP contribution in [0.2, 0.25) is 0 Å². The van der Waals surface area contributed by atoms with Gasteiger partial charge < -0.3 is 5.73 Å². The monoisotopic (exact) mass is 294 g/mol. The van der Waals surface area contributed by atoms with Crippen molar-refractivity contribution in [3.05, 3.63) is 0 Å². The molecule has 3 N–H and O–H groups in total. The molecule has 0 aromatic rings. The number of hydrogen-bond acceptors (Lipinski definition) is 3. The largest absolute Gasteiger partial charge is 0.368 e. The van der Waals surface area contributed by atoms with E-state index in [-0.39, 0.29) is 17.9 Å². The minimum atomic E-state index is -0.579. The van der Waals surface area contributed by atoms with Gasteiger partial charge in [0.15, 0.2) is 6.61 Å². The molecule has 0 aromatic carbocycles. The zero-order chi connectivity index (χ0) is 15.3. The van der Waals surface area contributed by atoms with E-state index in [2.05, 4.69) is 19.3 Å². The number of amides is 2. The number of carbonyl (C=O) groups excluding carboxylic acids is 2. The molecule has 0 spiro atoms. The van der Waals surface area contributed by atoms with Gasteiger partial charge >= 0.3 is 0 Å². The van der Waals surface area contributed by atoms with Crippen molar-refractivity contribution in [2.24, 2.45) is 27.9 Å². The fraction of sp³-hybridized carbons (Fsp3) is 0.875. The van der Waals surface area contributed by atoms with E-state index < -0.39 is 5.91 Å². The van der Waals surface area contributed by atoms with Crippen LogP contribution in [0.4, 0.5) is 0 Å². The van der Waals surface area contributed by atoms with Gasteiger partial charge in [-0.25, -0.2) is 5.48 Å². The highest BCUT2D eigenvalue weighted by molar-refractivity contribution is 5.77. The maximum absolute atomic E-state index is 12.1. The van der Waals surface area contributed by atoms with Crippen LogP contribution in [-0.2, 0) is 14.4 Å². The maximum Gasteiger partial charge on any atom is 0.246 e. The third kappa shape index (κ3) is 2.93. The second kappa shape index (κ2) is 4.70. The number of nitrogens with two attached hydrogens (primary N) is 1. The zero-order valence-electron chi connectivity index (χ0n) is 13.0. The molecule has 4 bridgehead atoms. The molecule has 4 rings (SSSR count). The summed E-state index contributed by atoms with van der Waals surface area (Å²) in [5.74, 6) is 0.0751. The minimum Gasteiger partial charge on any atom is -0.368 e. The number of hydrogen-bond donors (Lipinski definition) is 2. The topological polar surface area (TPSA) is 81.4 Å². The van der Waals surface area contributed by atoms with E-state index in [9.17, 15) is 9.59 Å². The van der Waals surface area contributed by atoms with Gasteiger partial charge in [-0.05, 0) is 60.7 Å². The van der Waals surface area contributed by atoms with Gasteiger partial charge in [-0.2, -0.15) is 0 Å². The molecular weight excluding hydrogens is 268 g/mol. The first-order chi connectivity index (χ1) is 9.72. The van der Waals surface area contributed by atoms with Crippen LogP contribution in [0.1, 0.15) is 58.8 Å². The predicted octanol–water partition coefficient (Wildman–Crippen LogP) is 1.91. The summed E-state index contributed by atoms with van der Waals surface area (Å²) in [4.78, 5) is 27.6. The SMILES string of the molecule is CC12CC3CC(C)(C1)CC(CC(=O)NOCC(N)=O)(C3)C2. The summed E-state index contributed by atoms with van der Waals surface area (Å²) >= 11 is 0. The molecule has 21 heavy (non-hydrogen) atoms. The second-order valence-electron chi connectivity index (χ2n) is 8.59. The van der Waals surface area contributed by atoms with Crippen LogP contribution in [0, 0.1) is 22.2 Å². The molecule has 0 aromatic heterocycles. The fourth-order valence-electron chi connectivity index (χ4n) is 6.45. The van der Waals surface area contributed by atoms with Crippen LogP contribution in [0.25, 0.3) is 0 Å². The number of primary amides is 1. The Hall–Kier alpha value is -1.10. The first-order valence-corrected chi connectivity index (χ1v) is 7.91. The first-order valence-electron chi connectivity index (χ1n) is 7.91. The highest BCUT2D eigenvalue weighted by Crippen LogP contribution is 2.70. The standard InChI is InChI=1S/C16H26N2O3/c1-14-3-11-4-15(2,8-14)10-16(5-11,9-14)6-13(20)18-21-7-12(17)19/h11H,3-10H2,1-2H3,(H2,17,19)(H,18,20). The second-order valence-corrected chi connectivity index (χ2v) is 8.59. The Balaban J connectivity index is 1.65. The zero-order valence-corrected chi connectivity index (χ0v) is 13.0. The van der Waals surface area contributed by atoms with Crippen molar-refractivity contribution >= 4 is 11.8 Å². The predicted molar refractivity (Wildman–Crippen MR) is 77.7 cm³/mol. The molecule has 5 heteroatoms. The molecule has 118 valence electrons. The van der Waals surface area contributed by atoms with E-state index in [1.165, 1.54) is 25.7 Å². The van der Waals surface area contributed by atoms with E-state index in [0.717, 1.165) is 18.8 Å². The molecular formula is C16H26N2O3. The highest BCUT2D eigenvalue weighted by atomic mass is 16.7. The number of nitrogens with one attached hydrogen (secondary N) is 1. The molecule has 4 aliphatic carbocycles. The highest BCUT2D eigenvalue weighted by Gasteiger charge is 2.60. The van der Waals surface area contributed by atoms with Crippen molar-refractivity contribution < 1.29 is 14.4 Å². The molecule has 0 saturated heterocycles. The van der Waals surface area contributed by atoms with Crippen LogP contribution < -0.4 is 11.2 Å². The number of rotatable bonds is 5. The molecule has 0 radical (unpaired) electrons. The Kier molecular flexibility index (Phi) is 3.32. The molecule has 5 nitrogen and oxygen atoms in total. The summed E-state index contributed by atoms with van der Waals surface area (Å²) in [7, 11) is 0. The van der Waals surface area contributed by atoms with Gasteiger partial charge in [-0.1, -0.05) is 13.8 Å². The minimum absolute atomic E-state index is 0.120. The molecule has 0 heterocycles. The fourth-order valence-corrected chi connectivity index (χ4v) is 6.45. The van der Waals surface area contributed by atoms with Gasteiger partial charge in [0.1, 0.15) is 0 Å². The average molecular weight is 294 g/mol. The smallest absolute Gasteiger partial charge is 0.246 e. The van der Waals surface area contributed by atoms with Crippen molar-refractivity contribution in [3.63, 3.8) is 0 Å². The quantitative estimate of drug-likeness (QED) is 0.760. The van der Waals surface area contributed by atoms with E-state index in [1.807, 2.05) is 0 Å². The Bertz CT molecular complexity index is 458. The molecule has 4 aliphatic rings. The summed E-state index contributed by atoms with van der Waals surface area (Å²) in [6.07, 6.45) is 7.92. The van der Waals surface area contributed by atoms with E-state index >= 15 is 0 Å². The first kappa shape index (κ1) is 14.8. The van der Waals surface area contributed by atoms with E-state index in [1.54, 1.807) is 0 Å². The maximum atomic E-state index is 12.1. The Morgan fingerprint density at radius 3 is 2.29 bits per heavy atom. The lowest BCUT2D eigenvalue weighted by atomic mass is 9.40. The van der Waals surface area contributed by atoms with Crippen molar-refractivity contribution in [3.8, 4) is 0 Å². The van der Waals surface area contributed by atoms with Gasteiger partial charge in [0.25, 0.3) is 0 Å². The summed E-state index contributed by atoms with van der Waals surface area (Å²) in [5, 5.41) is 0. The van der Waals surface area contributed by atoms with Gasteiger partial charge in [-0.15, -0.1) is 0 Å².